The number of ether oxygens (including phenoxy) is 1. The first-order valence-electron chi connectivity index (χ1n) is 9.63. The molecule has 8 heteroatoms. The highest BCUT2D eigenvalue weighted by Gasteiger charge is 2.27. The molecule has 150 valence electrons. The van der Waals surface area contributed by atoms with Gasteiger partial charge in [-0.3, -0.25) is 4.79 Å². The standard InChI is InChI=1S/C21H21ClN4O3/c1-2-29-21(28)17-13-24-26-18(22)16(12-23-19(17)26)20(27)25-10-8-15(9-11-25)14-6-4-3-5-7-14/h3-7,12-13,15H,2,8-11H2,1H3. The summed E-state index contributed by atoms with van der Waals surface area (Å²) < 4.78 is 6.31. The number of piperidine rings is 1. The third-order valence-corrected chi connectivity index (χ3v) is 5.61. The van der Waals surface area contributed by atoms with E-state index in [2.05, 4.69) is 22.2 Å². The number of carbonyl (C=O) groups is 2. The Morgan fingerprint density at radius 2 is 1.86 bits per heavy atom. The zero-order valence-corrected chi connectivity index (χ0v) is 16.8. The molecule has 0 aliphatic carbocycles. The van der Waals surface area contributed by atoms with E-state index >= 15 is 0 Å². The molecule has 0 radical (unpaired) electrons. The molecule has 1 saturated heterocycles. The summed E-state index contributed by atoms with van der Waals surface area (Å²) in [6.45, 7) is 3.28. The Kier molecular flexibility index (Phi) is 5.49. The van der Waals surface area contributed by atoms with Crippen LogP contribution in [0.25, 0.3) is 5.65 Å². The van der Waals surface area contributed by atoms with Crippen LogP contribution in [0, 0.1) is 0 Å². The maximum Gasteiger partial charge on any atom is 0.343 e. The van der Waals surface area contributed by atoms with Gasteiger partial charge in [-0.15, -0.1) is 0 Å². The van der Waals surface area contributed by atoms with Crippen LogP contribution in [0.1, 0.15) is 52.0 Å². The fourth-order valence-corrected chi connectivity index (χ4v) is 3.96. The van der Waals surface area contributed by atoms with Gasteiger partial charge in [0.25, 0.3) is 5.91 Å². The van der Waals surface area contributed by atoms with Crippen LogP contribution in [0.3, 0.4) is 0 Å². The summed E-state index contributed by atoms with van der Waals surface area (Å²) >= 11 is 6.44. The Hall–Kier alpha value is -2.93. The molecule has 1 aliphatic heterocycles. The number of aromatic nitrogens is 3. The predicted octanol–water partition coefficient (Wildman–Crippen LogP) is 3.58. The number of esters is 1. The minimum absolute atomic E-state index is 0.140. The molecule has 1 aliphatic rings. The van der Waals surface area contributed by atoms with Crippen molar-refractivity contribution in [2.24, 2.45) is 0 Å². The van der Waals surface area contributed by atoms with E-state index in [9.17, 15) is 9.59 Å². The SMILES string of the molecule is CCOC(=O)c1cnn2c(Cl)c(C(=O)N3CCC(c4ccccc4)CC3)cnc12. The molecule has 0 saturated carbocycles. The lowest BCUT2D eigenvalue weighted by atomic mass is 9.89. The Bertz CT molecular complexity index is 1040. The van der Waals surface area contributed by atoms with E-state index in [1.54, 1.807) is 11.8 Å². The minimum atomic E-state index is -0.520. The largest absolute Gasteiger partial charge is 0.462 e. The van der Waals surface area contributed by atoms with Crippen LogP contribution in [-0.4, -0.2) is 51.1 Å². The van der Waals surface area contributed by atoms with Gasteiger partial charge >= 0.3 is 5.97 Å². The van der Waals surface area contributed by atoms with Gasteiger partial charge in [0.1, 0.15) is 10.7 Å². The quantitative estimate of drug-likeness (QED) is 0.483. The number of nitrogens with zero attached hydrogens (tertiary/aromatic N) is 4. The molecule has 2 aromatic heterocycles. The molecular weight excluding hydrogens is 392 g/mol. The average Bonchev–Trinajstić information content (AvgIpc) is 3.20. The van der Waals surface area contributed by atoms with E-state index in [-0.39, 0.29) is 34.4 Å². The van der Waals surface area contributed by atoms with Gasteiger partial charge < -0.3 is 9.64 Å². The number of fused-ring (bicyclic) bond motifs is 1. The first-order chi connectivity index (χ1) is 14.1. The molecule has 7 nitrogen and oxygen atoms in total. The highest BCUT2D eigenvalue weighted by atomic mass is 35.5. The lowest BCUT2D eigenvalue weighted by Crippen LogP contribution is -2.38. The van der Waals surface area contributed by atoms with Gasteiger partial charge in [0.2, 0.25) is 0 Å². The fourth-order valence-electron chi connectivity index (χ4n) is 3.71. The summed E-state index contributed by atoms with van der Waals surface area (Å²) in [6, 6.07) is 10.4. The van der Waals surface area contributed by atoms with E-state index in [0.29, 0.717) is 19.0 Å². The van der Waals surface area contributed by atoms with Crippen molar-refractivity contribution in [3.63, 3.8) is 0 Å². The molecule has 0 bridgehead atoms. The number of carbonyl (C=O) groups excluding carboxylic acids is 2. The summed E-state index contributed by atoms with van der Waals surface area (Å²) in [5.41, 5.74) is 2.07. The van der Waals surface area contributed by atoms with Gasteiger partial charge in [-0.2, -0.15) is 5.10 Å². The van der Waals surface area contributed by atoms with Crippen molar-refractivity contribution in [3.05, 3.63) is 64.6 Å². The third-order valence-electron chi connectivity index (χ3n) is 5.25. The lowest BCUT2D eigenvalue weighted by molar-refractivity contribution is 0.0528. The van der Waals surface area contributed by atoms with Crippen LogP contribution in [-0.2, 0) is 4.74 Å². The van der Waals surface area contributed by atoms with E-state index < -0.39 is 5.97 Å². The van der Waals surface area contributed by atoms with Gasteiger partial charge in [-0.25, -0.2) is 14.3 Å². The number of amides is 1. The van der Waals surface area contributed by atoms with Crippen LogP contribution >= 0.6 is 11.6 Å². The van der Waals surface area contributed by atoms with Crippen molar-refractivity contribution in [2.45, 2.75) is 25.7 Å². The smallest absolute Gasteiger partial charge is 0.343 e. The van der Waals surface area contributed by atoms with Gasteiger partial charge in [0.15, 0.2) is 5.65 Å². The lowest BCUT2D eigenvalue weighted by Gasteiger charge is -2.32. The number of hydrogen-bond donors (Lipinski definition) is 0. The summed E-state index contributed by atoms with van der Waals surface area (Å²) in [6.07, 6.45) is 4.56. The van der Waals surface area contributed by atoms with Crippen molar-refractivity contribution < 1.29 is 14.3 Å². The monoisotopic (exact) mass is 412 g/mol. The third kappa shape index (κ3) is 3.70. The first kappa shape index (κ1) is 19.4. The van der Waals surface area contributed by atoms with Crippen LogP contribution < -0.4 is 0 Å². The van der Waals surface area contributed by atoms with Crippen LogP contribution in [0.15, 0.2) is 42.7 Å². The molecule has 0 spiro atoms. The Labute approximate surface area is 173 Å². The van der Waals surface area contributed by atoms with Gasteiger partial charge in [-0.1, -0.05) is 41.9 Å². The molecule has 1 aromatic carbocycles. The molecule has 0 N–H and O–H groups in total. The average molecular weight is 413 g/mol. The maximum absolute atomic E-state index is 13.0. The van der Waals surface area contributed by atoms with Crippen LogP contribution in [0.4, 0.5) is 0 Å². The highest BCUT2D eigenvalue weighted by Crippen LogP contribution is 2.29. The second kappa shape index (κ2) is 8.21. The maximum atomic E-state index is 13.0. The van der Waals surface area contributed by atoms with E-state index in [1.807, 2.05) is 18.2 Å². The predicted molar refractivity (Wildman–Crippen MR) is 108 cm³/mol. The van der Waals surface area contributed by atoms with Crippen molar-refractivity contribution in [1.29, 1.82) is 0 Å². The normalized spacial score (nSPS) is 14.9. The number of hydrogen-bond acceptors (Lipinski definition) is 5. The Morgan fingerprint density at radius 1 is 1.14 bits per heavy atom. The van der Waals surface area contributed by atoms with Crippen molar-refractivity contribution in [2.75, 3.05) is 19.7 Å². The summed E-state index contributed by atoms with van der Waals surface area (Å²) in [5, 5.41) is 4.25. The molecule has 3 aromatic rings. The molecular formula is C21H21ClN4O3. The second-order valence-corrected chi connectivity index (χ2v) is 7.31. The topological polar surface area (TPSA) is 76.8 Å². The van der Waals surface area contributed by atoms with Crippen LogP contribution in [0.5, 0.6) is 0 Å². The number of rotatable bonds is 4. The molecule has 0 atom stereocenters. The molecule has 1 fully saturated rings. The molecule has 0 unspecified atom stereocenters. The Morgan fingerprint density at radius 3 is 2.55 bits per heavy atom. The van der Waals surface area contributed by atoms with E-state index in [1.165, 1.54) is 22.5 Å². The van der Waals surface area contributed by atoms with Gasteiger partial charge in [0.05, 0.1) is 18.4 Å². The van der Waals surface area contributed by atoms with E-state index in [0.717, 1.165) is 12.8 Å². The second-order valence-electron chi connectivity index (χ2n) is 6.95. The Balaban J connectivity index is 1.52. The van der Waals surface area contributed by atoms with Gasteiger partial charge in [0, 0.05) is 19.3 Å². The zero-order chi connectivity index (χ0) is 20.4. The molecule has 4 rings (SSSR count). The molecule has 1 amide bonds. The minimum Gasteiger partial charge on any atom is -0.462 e. The van der Waals surface area contributed by atoms with Crippen LogP contribution in [0.2, 0.25) is 5.15 Å². The van der Waals surface area contributed by atoms with Crippen molar-refractivity contribution >= 4 is 29.1 Å². The van der Waals surface area contributed by atoms with Gasteiger partial charge in [-0.05, 0) is 31.2 Å². The highest BCUT2D eigenvalue weighted by molar-refractivity contribution is 6.33. The van der Waals surface area contributed by atoms with Crippen molar-refractivity contribution in [1.82, 2.24) is 19.5 Å². The number of likely N-dealkylation sites (tertiary alicyclic amines) is 1. The molecule has 29 heavy (non-hydrogen) atoms. The number of halogens is 1. The molecule has 3 heterocycles. The summed E-state index contributed by atoms with van der Waals surface area (Å²) in [7, 11) is 0. The van der Waals surface area contributed by atoms with E-state index in [4.69, 9.17) is 16.3 Å². The number of benzene rings is 1. The summed E-state index contributed by atoms with van der Waals surface area (Å²) in [5.74, 6) is -0.244. The zero-order valence-electron chi connectivity index (χ0n) is 16.0. The fraction of sp³-hybridized carbons (Fsp3) is 0.333. The first-order valence-corrected chi connectivity index (χ1v) is 10.0. The summed E-state index contributed by atoms with van der Waals surface area (Å²) in [4.78, 5) is 31.1. The van der Waals surface area contributed by atoms with Crippen molar-refractivity contribution in [3.8, 4) is 0 Å².